The summed E-state index contributed by atoms with van der Waals surface area (Å²) < 4.78 is 2.19. The van der Waals surface area contributed by atoms with E-state index in [0.717, 1.165) is 18.3 Å². The Morgan fingerprint density at radius 1 is 1.32 bits per heavy atom. The van der Waals surface area contributed by atoms with E-state index in [2.05, 4.69) is 18.1 Å². The maximum absolute atomic E-state index is 6.38. The largest absolute Gasteiger partial charge is 0.384 e. The molecule has 2 atom stereocenters. The highest BCUT2D eigenvalue weighted by atomic mass is 15.1. The zero-order chi connectivity index (χ0) is 13.4. The first-order valence-electron chi connectivity index (χ1n) is 7.67. The van der Waals surface area contributed by atoms with Crippen LogP contribution in [0.5, 0.6) is 0 Å². The average Bonchev–Trinajstić information content (AvgIpc) is 3.17. The third-order valence-corrected chi connectivity index (χ3v) is 4.64. The van der Waals surface area contributed by atoms with Gasteiger partial charge in [0.25, 0.3) is 0 Å². The number of allylic oxidation sites excluding steroid dienone is 1. The molecule has 104 valence electrons. The summed E-state index contributed by atoms with van der Waals surface area (Å²) >= 11 is 0. The number of aromatic nitrogens is 2. The molecular formula is C16H25N3. The highest BCUT2D eigenvalue weighted by Gasteiger charge is 2.33. The quantitative estimate of drug-likeness (QED) is 0.835. The molecule has 2 N–H and O–H groups in total. The Morgan fingerprint density at radius 2 is 2.11 bits per heavy atom. The van der Waals surface area contributed by atoms with E-state index in [-0.39, 0.29) is 0 Å². The number of rotatable bonds is 4. The Balaban J connectivity index is 1.92. The number of nitrogens with zero attached hydrogens (tertiary/aromatic N) is 2. The predicted octanol–water partition coefficient (Wildman–Crippen LogP) is 3.82. The molecule has 0 aliphatic heterocycles. The Morgan fingerprint density at radius 3 is 2.74 bits per heavy atom. The highest BCUT2D eigenvalue weighted by molar-refractivity contribution is 5.42. The summed E-state index contributed by atoms with van der Waals surface area (Å²) in [6.45, 7) is 7.00. The van der Waals surface area contributed by atoms with Crippen LogP contribution in [0.2, 0.25) is 0 Å². The number of anilines is 1. The molecule has 0 aromatic carbocycles. The van der Waals surface area contributed by atoms with Crippen LogP contribution in [-0.2, 0) is 6.54 Å². The molecule has 19 heavy (non-hydrogen) atoms. The molecule has 0 spiro atoms. The summed E-state index contributed by atoms with van der Waals surface area (Å²) in [5.41, 5.74) is 7.56. The van der Waals surface area contributed by atoms with Crippen molar-refractivity contribution in [1.82, 2.24) is 9.55 Å². The van der Waals surface area contributed by atoms with E-state index in [1.165, 1.54) is 50.0 Å². The van der Waals surface area contributed by atoms with Crippen molar-refractivity contribution < 1.29 is 0 Å². The van der Waals surface area contributed by atoms with Gasteiger partial charge in [0.05, 0.1) is 5.69 Å². The third kappa shape index (κ3) is 2.43. The molecule has 0 amide bonds. The second kappa shape index (κ2) is 5.03. The minimum Gasteiger partial charge on any atom is -0.384 e. The van der Waals surface area contributed by atoms with Crippen LogP contribution in [0.15, 0.2) is 12.7 Å². The van der Waals surface area contributed by atoms with Gasteiger partial charge in [-0.15, -0.1) is 6.58 Å². The second-order valence-corrected chi connectivity index (χ2v) is 6.38. The summed E-state index contributed by atoms with van der Waals surface area (Å²) in [7, 11) is 0. The van der Waals surface area contributed by atoms with Crippen molar-refractivity contribution >= 4 is 5.82 Å². The van der Waals surface area contributed by atoms with Crippen LogP contribution in [0.4, 0.5) is 5.82 Å². The zero-order valence-corrected chi connectivity index (χ0v) is 11.9. The van der Waals surface area contributed by atoms with Crippen LogP contribution in [0, 0.1) is 5.92 Å². The van der Waals surface area contributed by atoms with Gasteiger partial charge < -0.3 is 10.3 Å². The van der Waals surface area contributed by atoms with E-state index in [9.17, 15) is 0 Å². The van der Waals surface area contributed by atoms with E-state index >= 15 is 0 Å². The molecule has 1 aromatic rings. The van der Waals surface area contributed by atoms with Crippen LogP contribution in [0.25, 0.3) is 0 Å². The molecular weight excluding hydrogens is 234 g/mol. The molecule has 2 aliphatic rings. The fourth-order valence-electron chi connectivity index (χ4n) is 3.46. The lowest BCUT2D eigenvalue weighted by atomic mass is 9.81. The lowest BCUT2D eigenvalue weighted by Gasteiger charge is -2.25. The van der Waals surface area contributed by atoms with Crippen molar-refractivity contribution in [2.75, 3.05) is 5.73 Å². The van der Waals surface area contributed by atoms with Gasteiger partial charge in [-0.3, -0.25) is 0 Å². The van der Waals surface area contributed by atoms with Crippen LogP contribution in [-0.4, -0.2) is 9.55 Å². The standard InChI is InChI=1S/C16H25N3/c1-3-9-19-15(17)14(18-16(19)12-7-8-12)13-6-4-5-11(2)10-13/h3,11-13H,1,4-10,17H2,2H3. The molecule has 0 radical (unpaired) electrons. The van der Waals surface area contributed by atoms with E-state index in [4.69, 9.17) is 10.7 Å². The third-order valence-electron chi connectivity index (χ3n) is 4.64. The monoisotopic (exact) mass is 259 g/mol. The van der Waals surface area contributed by atoms with Crippen LogP contribution >= 0.6 is 0 Å². The average molecular weight is 259 g/mol. The second-order valence-electron chi connectivity index (χ2n) is 6.38. The first-order chi connectivity index (χ1) is 9.20. The molecule has 2 saturated carbocycles. The summed E-state index contributed by atoms with van der Waals surface area (Å²) in [5, 5.41) is 0. The number of nitrogens with two attached hydrogens (primary N) is 1. The van der Waals surface area contributed by atoms with Gasteiger partial charge in [-0.05, 0) is 31.6 Å². The van der Waals surface area contributed by atoms with Gasteiger partial charge in [0.1, 0.15) is 11.6 Å². The molecule has 2 aliphatic carbocycles. The van der Waals surface area contributed by atoms with Crippen molar-refractivity contribution in [2.45, 2.75) is 63.8 Å². The van der Waals surface area contributed by atoms with Gasteiger partial charge in [0.15, 0.2) is 0 Å². The summed E-state index contributed by atoms with van der Waals surface area (Å²) in [5.74, 6) is 4.16. The van der Waals surface area contributed by atoms with E-state index in [1.807, 2.05) is 6.08 Å². The Hall–Kier alpha value is -1.25. The first kappa shape index (κ1) is 12.8. The molecule has 2 fully saturated rings. The van der Waals surface area contributed by atoms with Gasteiger partial charge in [0.2, 0.25) is 0 Å². The lowest BCUT2D eigenvalue weighted by molar-refractivity contribution is 0.341. The minimum absolute atomic E-state index is 0.576. The molecule has 3 nitrogen and oxygen atoms in total. The summed E-state index contributed by atoms with van der Waals surface area (Å²) in [6.07, 6.45) is 9.65. The Kier molecular flexibility index (Phi) is 3.38. The zero-order valence-electron chi connectivity index (χ0n) is 11.9. The van der Waals surface area contributed by atoms with Crippen molar-refractivity contribution in [3.8, 4) is 0 Å². The van der Waals surface area contributed by atoms with Crippen LogP contribution < -0.4 is 5.73 Å². The van der Waals surface area contributed by atoms with Crippen molar-refractivity contribution in [1.29, 1.82) is 0 Å². The minimum atomic E-state index is 0.576. The highest BCUT2D eigenvalue weighted by Crippen LogP contribution is 2.44. The van der Waals surface area contributed by atoms with E-state index in [0.29, 0.717) is 11.8 Å². The maximum atomic E-state index is 6.38. The predicted molar refractivity (Wildman–Crippen MR) is 79.2 cm³/mol. The summed E-state index contributed by atoms with van der Waals surface area (Å²) in [6, 6.07) is 0. The van der Waals surface area contributed by atoms with Gasteiger partial charge in [-0.25, -0.2) is 4.98 Å². The molecule has 1 heterocycles. The summed E-state index contributed by atoms with van der Waals surface area (Å²) in [4.78, 5) is 4.94. The van der Waals surface area contributed by atoms with Crippen molar-refractivity contribution in [3.05, 3.63) is 24.2 Å². The van der Waals surface area contributed by atoms with Gasteiger partial charge in [0, 0.05) is 18.4 Å². The number of nitrogen functional groups attached to an aromatic ring is 1. The van der Waals surface area contributed by atoms with Gasteiger partial charge in [-0.2, -0.15) is 0 Å². The van der Waals surface area contributed by atoms with Gasteiger partial charge in [-0.1, -0.05) is 25.8 Å². The van der Waals surface area contributed by atoms with E-state index in [1.54, 1.807) is 0 Å². The fraction of sp³-hybridized carbons (Fsp3) is 0.688. The molecule has 1 aromatic heterocycles. The fourth-order valence-corrected chi connectivity index (χ4v) is 3.46. The molecule has 0 bridgehead atoms. The Labute approximate surface area is 115 Å². The number of hydrogen-bond acceptors (Lipinski definition) is 2. The van der Waals surface area contributed by atoms with E-state index < -0.39 is 0 Å². The van der Waals surface area contributed by atoms with Crippen molar-refractivity contribution in [2.24, 2.45) is 5.92 Å². The molecule has 0 saturated heterocycles. The maximum Gasteiger partial charge on any atom is 0.127 e. The smallest absolute Gasteiger partial charge is 0.127 e. The Bertz CT molecular complexity index is 471. The molecule has 3 heteroatoms. The van der Waals surface area contributed by atoms with Crippen LogP contribution in [0.1, 0.15) is 68.8 Å². The molecule has 2 unspecified atom stereocenters. The van der Waals surface area contributed by atoms with Crippen molar-refractivity contribution in [3.63, 3.8) is 0 Å². The number of imidazole rings is 1. The topological polar surface area (TPSA) is 43.8 Å². The lowest BCUT2D eigenvalue weighted by Crippen LogP contribution is -2.14. The normalized spacial score (nSPS) is 27.4. The SMILES string of the molecule is C=CCn1c(C2CC2)nc(C2CCCC(C)C2)c1N. The first-order valence-corrected chi connectivity index (χ1v) is 7.67. The van der Waals surface area contributed by atoms with Gasteiger partial charge >= 0.3 is 0 Å². The van der Waals surface area contributed by atoms with Crippen LogP contribution in [0.3, 0.4) is 0 Å². The number of hydrogen-bond donors (Lipinski definition) is 1. The molecule has 3 rings (SSSR count).